The number of likely N-dealkylation sites (N-methyl/N-ethyl adjacent to an activating group) is 1. The molecule has 3 saturated heterocycles. The normalized spacial score (nSPS) is 44.3. The molecular weight excluding hydrogens is 778 g/mol. The second kappa shape index (κ2) is 21.4. The SMILES string of the molecule is CC[C@H]1OC(=O)[C@H](C)[C@@H](O[C@H]2C[C@@](C)(OC)[C@@H](O)[C@H](C)O2)[C@H](C)[C@@H](O[C@@H]2O[C@H](C)C[C@H](N(C)C)[C@H]2O)[C@](C)(O)C[C@@H](C)C(=O)[C@H](C)[C@@H](O)[C@]1(C)O.O=C(O)/C=C/C(=O)O. The molecule has 18 atom stereocenters. The molecule has 0 bridgehead atoms. The topological polar surface area (TPSA) is 269 Å². The van der Waals surface area contributed by atoms with Gasteiger partial charge in [0.25, 0.3) is 0 Å². The van der Waals surface area contributed by atoms with E-state index in [0.29, 0.717) is 18.6 Å². The molecule has 0 aromatic rings. The lowest BCUT2D eigenvalue weighted by atomic mass is 9.74. The van der Waals surface area contributed by atoms with Crippen LogP contribution in [0.15, 0.2) is 12.2 Å². The van der Waals surface area contributed by atoms with Crippen molar-refractivity contribution in [1.82, 2.24) is 4.90 Å². The monoisotopic (exact) mass is 849 g/mol. The van der Waals surface area contributed by atoms with Crippen molar-refractivity contribution in [3.8, 4) is 0 Å². The molecule has 3 heterocycles. The molecule has 7 N–H and O–H groups in total. The number of carbonyl (C=O) groups is 4. The summed E-state index contributed by atoms with van der Waals surface area (Å²) in [6.07, 6.45) is -8.59. The highest BCUT2D eigenvalue weighted by Crippen LogP contribution is 2.40. The van der Waals surface area contributed by atoms with E-state index in [1.165, 1.54) is 27.9 Å². The van der Waals surface area contributed by atoms with E-state index in [1.807, 2.05) is 25.9 Å². The van der Waals surface area contributed by atoms with E-state index >= 15 is 0 Å². The summed E-state index contributed by atoms with van der Waals surface area (Å²) in [5.74, 6) is -7.49. The van der Waals surface area contributed by atoms with E-state index < -0.39 is 119 Å². The fourth-order valence-corrected chi connectivity index (χ4v) is 8.55. The van der Waals surface area contributed by atoms with Gasteiger partial charge in [0.1, 0.15) is 29.7 Å². The van der Waals surface area contributed by atoms with Crippen molar-refractivity contribution in [2.24, 2.45) is 23.7 Å². The summed E-state index contributed by atoms with van der Waals surface area (Å²) in [6.45, 7) is 16.3. The van der Waals surface area contributed by atoms with Gasteiger partial charge >= 0.3 is 17.9 Å². The average molecular weight is 850 g/mol. The number of methoxy groups -OCH3 is 1. The highest BCUT2D eigenvalue weighted by molar-refractivity contribution is 5.89. The van der Waals surface area contributed by atoms with Crippen molar-refractivity contribution >= 4 is 23.7 Å². The second-order valence-corrected chi connectivity index (χ2v) is 17.5. The predicted molar refractivity (Wildman–Crippen MR) is 211 cm³/mol. The van der Waals surface area contributed by atoms with E-state index in [9.17, 15) is 44.7 Å². The number of carboxylic acid groups (broad SMARTS) is 2. The number of cyclic esters (lactones) is 1. The highest BCUT2D eigenvalue weighted by atomic mass is 16.7. The molecule has 0 aromatic carbocycles. The number of esters is 1. The van der Waals surface area contributed by atoms with Crippen molar-refractivity contribution in [2.75, 3.05) is 21.2 Å². The van der Waals surface area contributed by atoms with Gasteiger partial charge in [0.2, 0.25) is 0 Å². The Labute approximate surface area is 347 Å². The molecule has 18 heteroatoms. The molecule has 0 amide bonds. The quantitative estimate of drug-likeness (QED) is 0.128. The Balaban J connectivity index is 0.00000135. The summed E-state index contributed by atoms with van der Waals surface area (Å²) in [6, 6.07) is -0.324. The number of rotatable bonds is 9. The number of ether oxygens (including phenoxy) is 6. The van der Waals surface area contributed by atoms with Crippen LogP contribution in [-0.2, 0) is 47.6 Å². The number of Topliss-reactive ketones (excluding diaryl/α,β-unsaturated/α-hetero) is 1. The smallest absolute Gasteiger partial charge is 0.328 e. The zero-order valence-electron chi connectivity index (χ0n) is 36.8. The Morgan fingerprint density at radius 2 is 1.42 bits per heavy atom. The number of hydrogen-bond donors (Lipinski definition) is 7. The van der Waals surface area contributed by atoms with Crippen LogP contribution < -0.4 is 0 Å². The van der Waals surface area contributed by atoms with Crippen LogP contribution in [-0.4, -0.2) is 170 Å². The maximum Gasteiger partial charge on any atom is 0.328 e. The first-order valence-electron chi connectivity index (χ1n) is 20.3. The van der Waals surface area contributed by atoms with Crippen molar-refractivity contribution < 1.29 is 83.3 Å². The molecule has 3 fully saturated rings. The maximum absolute atomic E-state index is 14.1. The van der Waals surface area contributed by atoms with Crippen LogP contribution in [0.5, 0.6) is 0 Å². The molecule has 0 aromatic heterocycles. The van der Waals surface area contributed by atoms with Gasteiger partial charge in [0.05, 0.1) is 47.6 Å². The van der Waals surface area contributed by atoms with Gasteiger partial charge in [-0.15, -0.1) is 0 Å². The molecule has 0 unspecified atom stereocenters. The molecule has 3 aliphatic rings. The van der Waals surface area contributed by atoms with Crippen LogP contribution in [0.25, 0.3) is 0 Å². The van der Waals surface area contributed by atoms with Crippen molar-refractivity contribution in [3.05, 3.63) is 12.2 Å². The first kappa shape index (κ1) is 52.5. The zero-order chi connectivity index (χ0) is 45.5. The van der Waals surface area contributed by atoms with E-state index in [4.69, 9.17) is 38.6 Å². The van der Waals surface area contributed by atoms with Crippen LogP contribution in [0.2, 0.25) is 0 Å². The third-order valence-corrected chi connectivity index (χ3v) is 12.2. The summed E-state index contributed by atoms with van der Waals surface area (Å²) in [5, 5.41) is 73.2. The zero-order valence-corrected chi connectivity index (χ0v) is 36.8. The van der Waals surface area contributed by atoms with Crippen LogP contribution in [0, 0.1) is 23.7 Å². The number of carbonyl (C=O) groups excluding carboxylic acids is 2. The van der Waals surface area contributed by atoms with Gasteiger partial charge in [0.15, 0.2) is 12.6 Å². The Bertz CT molecular complexity index is 1420. The fourth-order valence-electron chi connectivity index (χ4n) is 8.55. The van der Waals surface area contributed by atoms with E-state index in [2.05, 4.69) is 0 Å². The van der Waals surface area contributed by atoms with Crippen molar-refractivity contribution in [2.45, 2.75) is 179 Å². The van der Waals surface area contributed by atoms with Gasteiger partial charge in [-0.2, -0.15) is 0 Å². The fraction of sp³-hybridized carbons (Fsp3) is 0.854. The molecule has 18 nitrogen and oxygen atoms in total. The third-order valence-electron chi connectivity index (χ3n) is 12.2. The first-order chi connectivity index (χ1) is 27.1. The third kappa shape index (κ3) is 13.2. The van der Waals surface area contributed by atoms with Crippen molar-refractivity contribution in [3.63, 3.8) is 0 Å². The lowest BCUT2D eigenvalue weighted by Gasteiger charge is -2.49. The van der Waals surface area contributed by atoms with E-state index in [-0.39, 0.29) is 31.4 Å². The largest absolute Gasteiger partial charge is 0.478 e. The van der Waals surface area contributed by atoms with E-state index in [0.717, 1.165) is 0 Å². The van der Waals surface area contributed by atoms with Crippen LogP contribution in [0.4, 0.5) is 0 Å². The summed E-state index contributed by atoms with van der Waals surface area (Å²) in [4.78, 5) is 48.9. The maximum atomic E-state index is 14.1. The Morgan fingerprint density at radius 1 is 0.864 bits per heavy atom. The minimum absolute atomic E-state index is 0.0936. The molecule has 3 rings (SSSR count). The number of carboxylic acids is 2. The van der Waals surface area contributed by atoms with Gasteiger partial charge in [0, 0.05) is 49.5 Å². The minimum atomic E-state index is -1.99. The molecule has 59 heavy (non-hydrogen) atoms. The summed E-state index contributed by atoms with van der Waals surface area (Å²) in [5.41, 5.74) is -4.84. The van der Waals surface area contributed by atoms with Gasteiger partial charge < -0.3 is 69.1 Å². The number of nitrogens with zero attached hydrogens (tertiary/aromatic N) is 1. The van der Waals surface area contributed by atoms with Gasteiger partial charge in [-0.3, -0.25) is 9.59 Å². The van der Waals surface area contributed by atoms with Crippen LogP contribution >= 0.6 is 0 Å². The summed E-state index contributed by atoms with van der Waals surface area (Å²) in [7, 11) is 5.18. The minimum Gasteiger partial charge on any atom is -0.478 e. The van der Waals surface area contributed by atoms with Crippen LogP contribution in [0.3, 0.4) is 0 Å². The van der Waals surface area contributed by atoms with E-state index in [1.54, 1.807) is 41.5 Å². The molecule has 342 valence electrons. The molecule has 0 spiro atoms. The Kier molecular flexibility index (Phi) is 19.1. The first-order valence-corrected chi connectivity index (χ1v) is 20.3. The predicted octanol–water partition coefficient (Wildman–Crippen LogP) is 1.50. The summed E-state index contributed by atoms with van der Waals surface area (Å²) >= 11 is 0. The van der Waals surface area contributed by atoms with Crippen molar-refractivity contribution in [1.29, 1.82) is 0 Å². The molecule has 0 saturated carbocycles. The standard InChI is InChI=1S/C37H67NO13.C4H4O4/c1-14-25-37(10,45)30(41)20(4)27(39)18(2)16-35(8,44)32(51-34-28(40)24(38(11)12)15-19(3)47-34)21(5)29(22(6)33(43)49-25)50-26-17-36(9,46-13)31(42)23(7)48-26;5-3(6)1-2-4(7)8/h18-26,28-32,34,40-42,44-45H,14-17H2,1-13H3;1-2H,(H,5,6)(H,7,8)/b;2-1+/t18-,19-,20+,21+,22-,23+,24+,25-,26+,28-,29+,30-,31+,32-,34+,35-,36-,37-;/m1./s1. The lowest BCUT2D eigenvalue weighted by molar-refractivity contribution is -0.318. The lowest BCUT2D eigenvalue weighted by Crippen LogP contribution is -2.61. The number of aliphatic hydroxyl groups is 5. The van der Waals surface area contributed by atoms with Gasteiger partial charge in [-0.05, 0) is 74.9 Å². The number of aliphatic carboxylic acids is 2. The van der Waals surface area contributed by atoms with Gasteiger partial charge in [-0.25, -0.2) is 9.59 Å². The Hall–Kier alpha value is -2.62. The second-order valence-electron chi connectivity index (χ2n) is 17.5. The Morgan fingerprint density at radius 3 is 1.92 bits per heavy atom. The summed E-state index contributed by atoms with van der Waals surface area (Å²) < 4.78 is 37.1. The average Bonchev–Trinajstić information content (AvgIpc) is 3.15. The number of hydrogen-bond acceptors (Lipinski definition) is 16. The number of aliphatic hydroxyl groups excluding tert-OH is 3. The molecule has 3 aliphatic heterocycles. The van der Waals surface area contributed by atoms with Crippen LogP contribution in [0.1, 0.15) is 94.9 Å². The molecule has 0 radical (unpaired) electrons. The van der Waals surface area contributed by atoms with Gasteiger partial charge in [-0.1, -0.05) is 27.7 Å². The molecule has 0 aliphatic carbocycles. The number of ketones is 1. The highest BCUT2D eigenvalue weighted by Gasteiger charge is 2.53. The molecular formula is C41H71NO17.